The van der Waals surface area contributed by atoms with Gasteiger partial charge >= 0.3 is 0 Å². The molecular weight excluding hydrogens is 190 g/mol. The molecule has 0 bridgehead atoms. The average Bonchev–Trinajstić information content (AvgIpc) is 2.72. The maximum atomic E-state index is 5.51. The molecule has 0 aliphatic carbocycles. The SMILES string of the molecule is Cc1cccc(C(NN)c2ncn[nH]2)c1. The molecule has 1 unspecified atom stereocenters. The summed E-state index contributed by atoms with van der Waals surface area (Å²) in [5.41, 5.74) is 4.97. The Morgan fingerprint density at radius 2 is 2.33 bits per heavy atom. The Bertz CT molecular complexity index is 423. The van der Waals surface area contributed by atoms with Crippen molar-refractivity contribution in [3.05, 3.63) is 47.5 Å². The third kappa shape index (κ3) is 2.03. The number of aryl methyl sites for hydroxylation is 1. The highest BCUT2D eigenvalue weighted by Crippen LogP contribution is 2.18. The van der Waals surface area contributed by atoms with E-state index in [0.717, 1.165) is 5.56 Å². The molecule has 0 spiro atoms. The number of nitrogens with one attached hydrogen (secondary N) is 2. The van der Waals surface area contributed by atoms with E-state index in [1.165, 1.54) is 11.9 Å². The molecule has 5 nitrogen and oxygen atoms in total. The number of aromatic nitrogens is 3. The number of benzene rings is 1. The Morgan fingerprint density at radius 3 is 2.93 bits per heavy atom. The Kier molecular flexibility index (Phi) is 2.75. The fourth-order valence-electron chi connectivity index (χ4n) is 1.54. The van der Waals surface area contributed by atoms with Crippen LogP contribution in [0.5, 0.6) is 0 Å². The Labute approximate surface area is 87.7 Å². The number of rotatable bonds is 3. The van der Waals surface area contributed by atoms with Crippen molar-refractivity contribution >= 4 is 0 Å². The molecule has 0 aliphatic rings. The van der Waals surface area contributed by atoms with E-state index < -0.39 is 0 Å². The maximum Gasteiger partial charge on any atom is 0.147 e. The number of hydrogen-bond donors (Lipinski definition) is 3. The highest BCUT2D eigenvalue weighted by Gasteiger charge is 2.14. The molecule has 0 aliphatic heterocycles. The summed E-state index contributed by atoms with van der Waals surface area (Å²) in [7, 11) is 0. The van der Waals surface area contributed by atoms with Crippen molar-refractivity contribution in [1.29, 1.82) is 0 Å². The molecule has 15 heavy (non-hydrogen) atoms. The Balaban J connectivity index is 2.35. The molecular formula is C10H13N5. The first kappa shape index (κ1) is 9.82. The quantitative estimate of drug-likeness (QED) is 0.506. The lowest BCUT2D eigenvalue weighted by molar-refractivity contribution is 0.604. The molecule has 1 atom stereocenters. The lowest BCUT2D eigenvalue weighted by Crippen LogP contribution is -2.29. The first-order valence-electron chi connectivity index (χ1n) is 4.69. The summed E-state index contributed by atoms with van der Waals surface area (Å²) in [5, 5.41) is 6.61. The normalized spacial score (nSPS) is 12.7. The van der Waals surface area contributed by atoms with Crippen molar-refractivity contribution in [1.82, 2.24) is 20.6 Å². The van der Waals surface area contributed by atoms with Gasteiger partial charge in [0, 0.05) is 0 Å². The van der Waals surface area contributed by atoms with Gasteiger partial charge < -0.3 is 0 Å². The minimum absolute atomic E-state index is 0.146. The van der Waals surface area contributed by atoms with Crippen molar-refractivity contribution < 1.29 is 0 Å². The summed E-state index contributed by atoms with van der Waals surface area (Å²) >= 11 is 0. The van der Waals surface area contributed by atoms with Crippen LogP contribution in [0.15, 0.2) is 30.6 Å². The molecule has 0 saturated carbocycles. The van der Waals surface area contributed by atoms with E-state index in [-0.39, 0.29) is 6.04 Å². The maximum absolute atomic E-state index is 5.51. The fraction of sp³-hybridized carbons (Fsp3) is 0.200. The lowest BCUT2D eigenvalue weighted by Gasteiger charge is -2.13. The molecule has 0 amide bonds. The van der Waals surface area contributed by atoms with Gasteiger partial charge in [-0.1, -0.05) is 29.8 Å². The van der Waals surface area contributed by atoms with Crippen molar-refractivity contribution in [3.63, 3.8) is 0 Å². The molecule has 78 valence electrons. The van der Waals surface area contributed by atoms with E-state index in [4.69, 9.17) is 5.84 Å². The molecule has 4 N–H and O–H groups in total. The fourth-order valence-corrected chi connectivity index (χ4v) is 1.54. The summed E-state index contributed by atoms with van der Waals surface area (Å²) in [6, 6.07) is 7.95. The monoisotopic (exact) mass is 203 g/mol. The van der Waals surface area contributed by atoms with Crippen LogP contribution in [0.2, 0.25) is 0 Å². The van der Waals surface area contributed by atoms with Gasteiger partial charge in [-0.2, -0.15) is 5.10 Å². The van der Waals surface area contributed by atoms with Gasteiger partial charge in [-0.25, -0.2) is 10.4 Å². The highest BCUT2D eigenvalue weighted by atomic mass is 15.3. The van der Waals surface area contributed by atoms with E-state index in [2.05, 4.69) is 26.7 Å². The van der Waals surface area contributed by atoms with Crippen molar-refractivity contribution in [2.75, 3.05) is 0 Å². The van der Waals surface area contributed by atoms with Crippen molar-refractivity contribution in [2.24, 2.45) is 5.84 Å². The van der Waals surface area contributed by atoms with Gasteiger partial charge in [-0.05, 0) is 12.5 Å². The molecule has 5 heteroatoms. The summed E-state index contributed by atoms with van der Waals surface area (Å²) in [6.45, 7) is 2.04. The molecule has 0 radical (unpaired) electrons. The smallest absolute Gasteiger partial charge is 0.147 e. The average molecular weight is 203 g/mol. The number of hydrogen-bond acceptors (Lipinski definition) is 4. The third-order valence-corrected chi connectivity index (χ3v) is 2.25. The zero-order valence-electron chi connectivity index (χ0n) is 8.44. The van der Waals surface area contributed by atoms with E-state index in [0.29, 0.717) is 5.82 Å². The number of nitrogens with zero attached hydrogens (tertiary/aromatic N) is 2. The standard InChI is InChI=1S/C10H13N5/c1-7-3-2-4-8(5-7)9(14-11)10-12-6-13-15-10/h2-6,9,14H,11H2,1H3,(H,12,13,15). The first-order valence-corrected chi connectivity index (χ1v) is 4.69. The summed E-state index contributed by atoms with van der Waals surface area (Å²) < 4.78 is 0. The van der Waals surface area contributed by atoms with Gasteiger partial charge in [-0.15, -0.1) is 0 Å². The van der Waals surface area contributed by atoms with E-state index in [9.17, 15) is 0 Å². The number of nitrogens with two attached hydrogens (primary N) is 1. The number of H-pyrrole nitrogens is 1. The lowest BCUT2D eigenvalue weighted by atomic mass is 10.0. The number of aromatic amines is 1. The number of hydrazine groups is 1. The minimum atomic E-state index is -0.146. The van der Waals surface area contributed by atoms with Crippen LogP contribution in [0.25, 0.3) is 0 Å². The summed E-state index contributed by atoms with van der Waals surface area (Å²) in [6.07, 6.45) is 1.47. The summed E-state index contributed by atoms with van der Waals surface area (Å²) in [5.74, 6) is 6.22. The van der Waals surface area contributed by atoms with Gasteiger partial charge in [0.05, 0.1) is 0 Å². The van der Waals surface area contributed by atoms with Crippen LogP contribution in [0.3, 0.4) is 0 Å². The Morgan fingerprint density at radius 1 is 1.47 bits per heavy atom. The third-order valence-electron chi connectivity index (χ3n) is 2.25. The van der Waals surface area contributed by atoms with Gasteiger partial charge in [0.1, 0.15) is 18.2 Å². The summed E-state index contributed by atoms with van der Waals surface area (Å²) in [4.78, 5) is 4.08. The first-order chi connectivity index (χ1) is 7.31. The predicted molar refractivity (Wildman–Crippen MR) is 56.7 cm³/mol. The molecule has 2 aromatic rings. The van der Waals surface area contributed by atoms with Crippen LogP contribution in [-0.4, -0.2) is 15.2 Å². The molecule has 1 aromatic carbocycles. The predicted octanol–water partition coefficient (Wildman–Crippen LogP) is 0.666. The van der Waals surface area contributed by atoms with Crippen molar-refractivity contribution in [2.45, 2.75) is 13.0 Å². The Hall–Kier alpha value is -1.72. The van der Waals surface area contributed by atoms with Crippen LogP contribution < -0.4 is 11.3 Å². The second-order valence-corrected chi connectivity index (χ2v) is 3.38. The van der Waals surface area contributed by atoms with Crippen LogP contribution in [-0.2, 0) is 0 Å². The molecule has 1 heterocycles. The zero-order chi connectivity index (χ0) is 10.7. The molecule has 0 fully saturated rings. The van der Waals surface area contributed by atoms with Gasteiger partial charge in [0.25, 0.3) is 0 Å². The highest BCUT2D eigenvalue weighted by molar-refractivity contribution is 5.28. The second-order valence-electron chi connectivity index (χ2n) is 3.38. The van der Waals surface area contributed by atoms with Gasteiger partial charge in [0.2, 0.25) is 0 Å². The van der Waals surface area contributed by atoms with Crippen LogP contribution in [0.4, 0.5) is 0 Å². The van der Waals surface area contributed by atoms with Crippen LogP contribution >= 0.6 is 0 Å². The van der Waals surface area contributed by atoms with Crippen LogP contribution in [0.1, 0.15) is 23.0 Å². The largest absolute Gasteiger partial charge is 0.270 e. The molecule has 2 rings (SSSR count). The van der Waals surface area contributed by atoms with Gasteiger partial charge in [0.15, 0.2) is 0 Å². The van der Waals surface area contributed by atoms with Gasteiger partial charge in [-0.3, -0.25) is 10.9 Å². The minimum Gasteiger partial charge on any atom is -0.270 e. The van der Waals surface area contributed by atoms with E-state index >= 15 is 0 Å². The second kappa shape index (κ2) is 4.20. The van der Waals surface area contributed by atoms with E-state index in [1.54, 1.807) is 0 Å². The van der Waals surface area contributed by atoms with Crippen LogP contribution in [0, 0.1) is 6.92 Å². The molecule has 1 aromatic heterocycles. The zero-order valence-corrected chi connectivity index (χ0v) is 8.44. The van der Waals surface area contributed by atoms with Crippen molar-refractivity contribution in [3.8, 4) is 0 Å². The topological polar surface area (TPSA) is 79.6 Å². The molecule has 0 saturated heterocycles. The van der Waals surface area contributed by atoms with E-state index in [1.807, 2.05) is 25.1 Å².